The molecule has 4 rings (SSSR count). The van der Waals surface area contributed by atoms with E-state index in [0.717, 1.165) is 12.1 Å². The van der Waals surface area contributed by atoms with E-state index in [0.29, 0.717) is 16.8 Å². The molecule has 4 aromatic rings. The summed E-state index contributed by atoms with van der Waals surface area (Å²) < 4.78 is 64.4. The van der Waals surface area contributed by atoms with E-state index in [9.17, 15) is 23.1 Å². The molecule has 0 fully saturated rings. The number of fused-ring (bicyclic) bond motifs is 1. The van der Waals surface area contributed by atoms with Crippen LogP contribution in [-0.4, -0.2) is 29.7 Å². The van der Waals surface area contributed by atoms with Gasteiger partial charge in [-0.3, -0.25) is 0 Å². The number of hydrogen-bond donors (Lipinski definition) is 1. The summed E-state index contributed by atoms with van der Waals surface area (Å²) in [6.45, 7) is 6.71. The first-order valence-electron chi connectivity index (χ1n) is 11.7. The number of aliphatic hydroxyl groups is 1. The van der Waals surface area contributed by atoms with Crippen LogP contribution < -0.4 is 0 Å². The molecule has 0 bridgehead atoms. The summed E-state index contributed by atoms with van der Waals surface area (Å²) in [7, 11) is 0. The first-order chi connectivity index (χ1) is 18.6. The normalized spacial score (nSPS) is 12.4. The number of esters is 1. The van der Waals surface area contributed by atoms with Gasteiger partial charge in [0.2, 0.25) is 0 Å². The Balaban J connectivity index is 0.00000141. The van der Waals surface area contributed by atoms with Gasteiger partial charge in [0.05, 0.1) is 27.4 Å². The lowest BCUT2D eigenvalue weighted by Crippen LogP contribution is -2.24. The second-order valence-electron chi connectivity index (χ2n) is 9.76. The molecule has 0 amide bonds. The van der Waals surface area contributed by atoms with E-state index in [-0.39, 0.29) is 32.3 Å². The molecular weight excluding hydrogens is 590 g/mol. The van der Waals surface area contributed by atoms with Crippen molar-refractivity contribution in [2.45, 2.75) is 45.6 Å². The van der Waals surface area contributed by atoms with Crippen LogP contribution in [0, 0.1) is 6.92 Å². The van der Waals surface area contributed by atoms with Gasteiger partial charge in [-0.1, -0.05) is 41.4 Å². The lowest BCUT2D eigenvalue weighted by atomic mass is 10.0. The third-order valence-electron chi connectivity index (χ3n) is 5.76. The Hall–Kier alpha value is -3.18. The summed E-state index contributed by atoms with van der Waals surface area (Å²) in [5.41, 5.74) is 0.168. The molecule has 3 aromatic carbocycles. The van der Waals surface area contributed by atoms with Gasteiger partial charge < -0.3 is 14.4 Å². The molecule has 0 aliphatic heterocycles. The van der Waals surface area contributed by atoms with Crippen LogP contribution in [0.1, 0.15) is 59.6 Å². The quantitative estimate of drug-likeness (QED) is 0.239. The van der Waals surface area contributed by atoms with Crippen LogP contribution in [0.3, 0.4) is 0 Å². The summed E-state index contributed by atoms with van der Waals surface area (Å²) in [5.74, 6) is -0.697. The number of aliphatic hydroxyl groups excluding tert-OH is 1. The van der Waals surface area contributed by atoms with Gasteiger partial charge in [-0.15, -0.1) is 0 Å². The number of carbonyl (C=O) groups excluding carboxylic acids is 1. The minimum Gasteiger partial charge on any atom is -0.456 e. The minimum absolute atomic E-state index is 0.00736. The van der Waals surface area contributed by atoms with Crippen LogP contribution in [0.15, 0.2) is 60.7 Å². The summed E-state index contributed by atoms with van der Waals surface area (Å²) in [6.07, 6.45) is -6.02. The number of carbonyl (C=O) groups is 1. The molecule has 1 unspecified atom stereocenters. The fourth-order valence-corrected chi connectivity index (χ4v) is 4.91. The van der Waals surface area contributed by atoms with Gasteiger partial charge >= 0.3 is 23.7 Å². The van der Waals surface area contributed by atoms with Gasteiger partial charge in [0, 0.05) is 21.7 Å². The predicted octanol–water partition coefficient (Wildman–Crippen LogP) is 7.63. The number of alkyl halides is 3. The summed E-state index contributed by atoms with van der Waals surface area (Å²) >= 11 is 12.3. The maximum atomic E-state index is 13.6. The molecule has 0 aliphatic carbocycles. The van der Waals surface area contributed by atoms with Gasteiger partial charge in [0.15, 0.2) is 0 Å². The zero-order valence-electron chi connectivity index (χ0n) is 21.7. The molecule has 0 radical (unpaired) electrons. The molecule has 0 saturated heterocycles. The number of para-hydroxylation sites is 1. The second kappa shape index (κ2) is 12.1. The van der Waals surface area contributed by atoms with Crippen LogP contribution >= 0.6 is 23.2 Å². The number of benzene rings is 3. The zero-order chi connectivity index (χ0) is 30.0. The standard InChI is InChI=1S/C28H24Cl2F3NO3.O2S/c1-15-12-17(28(31,32)33)13-16-14-21(34(24(15)16)18-8-6-5-7-9-18)25(35)22-20(29)11-10-19(23(22)30)26(36)37-27(2,3)4;1-3-2/h5-14,25,35H,1-4H3;. The highest BCUT2D eigenvalue weighted by Crippen LogP contribution is 2.41. The van der Waals surface area contributed by atoms with Crippen LogP contribution in [0.2, 0.25) is 10.0 Å². The van der Waals surface area contributed by atoms with Gasteiger partial charge in [-0.2, -0.15) is 21.6 Å². The molecule has 1 atom stereocenters. The fourth-order valence-electron chi connectivity index (χ4n) is 4.25. The van der Waals surface area contributed by atoms with E-state index in [4.69, 9.17) is 36.4 Å². The van der Waals surface area contributed by atoms with Crippen molar-refractivity contribution in [2.24, 2.45) is 0 Å². The first kappa shape index (κ1) is 31.3. The fraction of sp³-hybridized carbons (Fsp3) is 0.250. The zero-order valence-corrected chi connectivity index (χ0v) is 24.0. The number of nitrogens with zero attached hydrogens (tertiary/aromatic N) is 1. The van der Waals surface area contributed by atoms with Crippen molar-refractivity contribution < 1.29 is 36.2 Å². The van der Waals surface area contributed by atoms with Crippen LogP contribution in [-0.2, 0) is 22.5 Å². The second-order valence-corrected chi connectivity index (χ2v) is 10.7. The molecule has 12 heteroatoms. The third-order valence-corrected chi connectivity index (χ3v) is 6.49. The molecule has 1 aromatic heterocycles. The van der Waals surface area contributed by atoms with Crippen molar-refractivity contribution in [3.05, 3.63) is 98.7 Å². The van der Waals surface area contributed by atoms with Crippen LogP contribution in [0.25, 0.3) is 16.6 Å². The largest absolute Gasteiger partial charge is 0.456 e. The van der Waals surface area contributed by atoms with Crippen LogP contribution in [0.4, 0.5) is 13.2 Å². The van der Waals surface area contributed by atoms with Gasteiger partial charge in [0.1, 0.15) is 11.7 Å². The molecule has 0 spiro atoms. The Morgan fingerprint density at radius 3 is 2.15 bits per heavy atom. The lowest BCUT2D eigenvalue weighted by molar-refractivity contribution is -0.137. The average Bonchev–Trinajstić information content (AvgIpc) is 3.24. The number of rotatable bonds is 4. The summed E-state index contributed by atoms with van der Waals surface area (Å²) in [5, 5.41) is 11.9. The van der Waals surface area contributed by atoms with E-state index >= 15 is 0 Å². The molecule has 6 nitrogen and oxygen atoms in total. The Kier molecular flexibility index (Phi) is 9.51. The number of ether oxygens (including phenoxy) is 1. The van der Waals surface area contributed by atoms with Crippen molar-refractivity contribution in [3.63, 3.8) is 0 Å². The maximum Gasteiger partial charge on any atom is 0.416 e. The van der Waals surface area contributed by atoms with Crippen molar-refractivity contribution in [1.29, 1.82) is 0 Å². The minimum atomic E-state index is -4.54. The van der Waals surface area contributed by atoms with Crippen molar-refractivity contribution in [2.75, 3.05) is 0 Å². The molecule has 0 saturated carbocycles. The SMILES string of the molecule is Cc1cc(C(F)(F)F)cc2cc(C(O)c3c(Cl)ccc(C(=O)OC(C)(C)C)c3Cl)n(-c3ccccc3)c12.O=S=O. The van der Waals surface area contributed by atoms with E-state index in [1.54, 1.807) is 62.6 Å². The van der Waals surface area contributed by atoms with Crippen molar-refractivity contribution in [1.82, 2.24) is 4.57 Å². The molecule has 1 N–H and O–H groups in total. The first-order valence-corrected chi connectivity index (χ1v) is 13.1. The summed E-state index contributed by atoms with van der Waals surface area (Å²) in [6, 6.07) is 15.3. The maximum absolute atomic E-state index is 13.6. The number of hydrogen-bond acceptors (Lipinski definition) is 5. The van der Waals surface area contributed by atoms with Crippen molar-refractivity contribution >= 4 is 51.6 Å². The van der Waals surface area contributed by atoms with E-state index in [2.05, 4.69) is 0 Å². The monoisotopic (exact) mass is 613 g/mol. The highest BCUT2D eigenvalue weighted by atomic mass is 35.5. The highest BCUT2D eigenvalue weighted by molar-refractivity contribution is 7.51. The third kappa shape index (κ3) is 6.75. The van der Waals surface area contributed by atoms with Gasteiger partial charge in [-0.25, -0.2) is 4.79 Å². The van der Waals surface area contributed by atoms with E-state index in [1.165, 1.54) is 18.2 Å². The average molecular weight is 614 g/mol. The molecular formula is C28H24Cl2F3NO5S. The smallest absolute Gasteiger partial charge is 0.416 e. The number of aryl methyl sites for hydroxylation is 1. The summed E-state index contributed by atoms with van der Waals surface area (Å²) in [4.78, 5) is 12.8. The van der Waals surface area contributed by atoms with E-state index < -0.39 is 41.0 Å². The Labute approximate surface area is 241 Å². The number of halogens is 5. The molecule has 1 heterocycles. The van der Waals surface area contributed by atoms with Gasteiger partial charge in [-0.05, 0) is 75.7 Å². The van der Waals surface area contributed by atoms with Crippen LogP contribution in [0.5, 0.6) is 0 Å². The number of aromatic nitrogens is 1. The Bertz CT molecular complexity index is 1590. The molecule has 212 valence electrons. The topological polar surface area (TPSA) is 85.6 Å². The Morgan fingerprint density at radius 1 is 1.00 bits per heavy atom. The van der Waals surface area contributed by atoms with Crippen molar-refractivity contribution in [3.8, 4) is 5.69 Å². The predicted molar refractivity (Wildman–Crippen MR) is 148 cm³/mol. The molecule has 0 aliphatic rings. The highest BCUT2D eigenvalue weighted by Gasteiger charge is 2.33. The van der Waals surface area contributed by atoms with E-state index in [1.807, 2.05) is 0 Å². The Morgan fingerprint density at radius 2 is 1.60 bits per heavy atom. The lowest BCUT2D eigenvalue weighted by Gasteiger charge is -2.22. The molecule has 40 heavy (non-hydrogen) atoms. The van der Waals surface area contributed by atoms with Gasteiger partial charge in [0.25, 0.3) is 0 Å².